The Morgan fingerprint density at radius 1 is 1.39 bits per heavy atom. The van der Waals surface area contributed by atoms with Crippen LogP contribution < -0.4 is 5.32 Å². The number of aliphatic hydroxyl groups is 1. The second kappa shape index (κ2) is 8.53. The number of hydrogen-bond acceptors (Lipinski definition) is 5. The Morgan fingerprint density at radius 3 is 2.74 bits per heavy atom. The Labute approximate surface area is 140 Å². The van der Waals surface area contributed by atoms with Gasteiger partial charge in [-0.05, 0) is 18.2 Å². The van der Waals surface area contributed by atoms with Gasteiger partial charge in [-0.15, -0.1) is 0 Å². The first-order valence-electron chi connectivity index (χ1n) is 7.38. The minimum absolute atomic E-state index is 0.0561. The smallest absolute Gasteiger partial charge is 0.267 e. The van der Waals surface area contributed by atoms with Crippen LogP contribution in [0.5, 0.6) is 0 Å². The average molecular weight is 335 g/mol. The predicted octanol–water partition coefficient (Wildman–Crippen LogP) is 1.30. The van der Waals surface area contributed by atoms with Crippen molar-refractivity contribution in [3.05, 3.63) is 41.1 Å². The maximum absolute atomic E-state index is 12.2. The summed E-state index contributed by atoms with van der Waals surface area (Å²) in [5.74, 6) is -0.451. The van der Waals surface area contributed by atoms with Gasteiger partial charge in [-0.1, -0.05) is 17.7 Å². The number of amides is 1. The van der Waals surface area contributed by atoms with Crippen LogP contribution in [0.1, 0.15) is 0 Å². The molecular weight excluding hydrogens is 316 g/mol. The van der Waals surface area contributed by atoms with Crippen molar-refractivity contribution < 1.29 is 9.90 Å². The molecule has 122 valence electrons. The number of β-amino-alcohol motifs (C(OH)–C–C–N with tert-alkyl or cyclic N) is 1. The van der Waals surface area contributed by atoms with Gasteiger partial charge >= 0.3 is 0 Å². The molecule has 1 aromatic rings. The molecule has 1 saturated heterocycles. The van der Waals surface area contributed by atoms with Crippen LogP contribution in [-0.2, 0) is 4.79 Å². The topological polar surface area (TPSA) is 79.6 Å². The van der Waals surface area contributed by atoms with Crippen LogP contribution in [0.3, 0.4) is 0 Å². The van der Waals surface area contributed by atoms with Crippen LogP contribution >= 0.6 is 11.6 Å². The van der Waals surface area contributed by atoms with Crippen molar-refractivity contribution >= 4 is 23.2 Å². The number of nitrogens with one attached hydrogen (secondary N) is 1. The fourth-order valence-electron chi connectivity index (χ4n) is 2.34. The number of halogens is 1. The molecule has 0 spiro atoms. The lowest BCUT2D eigenvalue weighted by Gasteiger charge is -2.33. The first kappa shape index (κ1) is 17.3. The predicted molar refractivity (Wildman–Crippen MR) is 88.9 cm³/mol. The maximum Gasteiger partial charge on any atom is 0.267 e. The molecule has 1 aromatic carbocycles. The summed E-state index contributed by atoms with van der Waals surface area (Å²) in [5, 5.41) is 21.3. The van der Waals surface area contributed by atoms with E-state index in [2.05, 4.69) is 10.2 Å². The Hall–Kier alpha value is -2.07. The van der Waals surface area contributed by atoms with Crippen molar-refractivity contribution in [3.63, 3.8) is 0 Å². The number of aliphatic hydroxyl groups excluding tert-OH is 1. The number of carbonyl (C=O) groups excluding carboxylic acids is 1. The molecule has 6 nitrogen and oxygen atoms in total. The molecule has 7 heteroatoms. The van der Waals surface area contributed by atoms with E-state index in [0.717, 1.165) is 26.2 Å². The highest BCUT2D eigenvalue weighted by atomic mass is 35.5. The molecule has 0 atom stereocenters. The quantitative estimate of drug-likeness (QED) is 0.626. The second-order valence-corrected chi connectivity index (χ2v) is 5.66. The number of carbonyl (C=O) groups is 1. The van der Waals surface area contributed by atoms with E-state index in [4.69, 9.17) is 16.7 Å². The number of anilines is 1. The lowest BCUT2D eigenvalue weighted by molar-refractivity contribution is -0.112. The molecule has 0 unspecified atom stereocenters. The van der Waals surface area contributed by atoms with Crippen LogP contribution in [0, 0.1) is 11.3 Å². The SMILES string of the molecule is N#C/C(=C/N1CCN(CCO)CC1)C(=O)Nc1cccc(Cl)c1. The minimum atomic E-state index is -0.451. The van der Waals surface area contributed by atoms with Crippen LogP contribution in [0.15, 0.2) is 36.0 Å². The van der Waals surface area contributed by atoms with E-state index in [1.165, 1.54) is 0 Å². The van der Waals surface area contributed by atoms with Crippen LogP contribution in [0.25, 0.3) is 0 Å². The Bertz CT molecular complexity index is 619. The Kier molecular flexibility index (Phi) is 6.41. The van der Waals surface area contributed by atoms with Gasteiger partial charge in [0.2, 0.25) is 0 Å². The van der Waals surface area contributed by atoms with Gasteiger partial charge in [0.15, 0.2) is 0 Å². The fourth-order valence-corrected chi connectivity index (χ4v) is 2.53. The lowest BCUT2D eigenvalue weighted by Crippen LogP contribution is -2.45. The van der Waals surface area contributed by atoms with Crippen molar-refractivity contribution in [1.82, 2.24) is 9.80 Å². The molecule has 1 heterocycles. The zero-order valence-corrected chi connectivity index (χ0v) is 13.5. The highest BCUT2D eigenvalue weighted by molar-refractivity contribution is 6.31. The van der Waals surface area contributed by atoms with E-state index in [9.17, 15) is 10.1 Å². The molecule has 0 aliphatic carbocycles. The fraction of sp³-hybridized carbons (Fsp3) is 0.375. The summed E-state index contributed by atoms with van der Waals surface area (Å²) < 4.78 is 0. The molecule has 1 amide bonds. The summed E-state index contributed by atoms with van der Waals surface area (Å²) in [7, 11) is 0. The van der Waals surface area contributed by atoms with Crippen molar-refractivity contribution in [1.29, 1.82) is 5.26 Å². The van der Waals surface area contributed by atoms with Gasteiger partial charge in [-0.25, -0.2) is 0 Å². The normalized spacial score (nSPS) is 16.0. The summed E-state index contributed by atoms with van der Waals surface area (Å²) in [5.41, 5.74) is 0.608. The van der Waals surface area contributed by atoms with Crippen LogP contribution in [0.4, 0.5) is 5.69 Å². The largest absolute Gasteiger partial charge is 0.395 e. The van der Waals surface area contributed by atoms with Gasteiger partial charge in [0, 0.05) is 49.6 Å². The Balaban J connectivity index is 1.96. The highest BCUT2D eigenvalue weighted by Gasteiger charge is 2.17. The molecule has 2 rings (SSSR count). The van der Waals surface area contributed by atoms with E-state index in [1.807, 2.05) is 11.0 Å². The number of piperazine rings is 1. The molecule has 0 saturated carbocycles. The van der Waals surface area contributed by atoms with Crippen molar-refractivity contribution in [2.75, 3.05) is 44.6 Å². The first-order valence-corrected chi connectivity index (χ1v) is 7.76. The standard InChI is InChI=1S/C16H19ClN4O2/c17-14-2-1-3-15(10-14)19-16(23)13(11-18)12-21-6-4-20(5-7-21)8-9-22/h1-3,10,12,22H,4-9H2,(H,19,23)/b13-12-. The van der Waals surface area contributed by atoms with Crippen molar-refractivity contribution in [2.45, 2.75) is 0 Å². The molecule has 0 aromatic heterocycles. The van der Waals surface area contributed by atoms with E-state index in [0.29, 0.717) is 17.3 Å². The molecule has 2 N–H and O–H groups in total. The molecule has 1 aliphatic rings. The second-order valence-electron chi connectivity index (χ2n) is 5.22. The van der Waals surface area contributed by atoms with Gasteiger partial charge in [0.1, 0.15) is 11.6 Å². The maximum atomic E-state index is 12.2. The highest BCUT2D eigenvalue weighted by Crippen LogP contribution is 2.16. The molecule has 23 heavy (non-hydrogen) atoms. The summed E-state index contributed by atoms with van der Waals surface area (Å²) >= 11 is 5.88. The zero-order chi connectivity index (χ0) is 16.7. The first-order chi connectivity index (χ1) is 11.1. The van der Waals surface area contributed by atoms with Gasteiger partial charge in [-0.3, -0.25) is 9.69 Å². The van der Waals surface area contributed by atoms with Gasteiger partial charge in [-0.2, -0.15) is 5.26 Å². The average Bonchev–Trinajstić information content (AvgIpc) is 2.54. The van der Waals surface area contributed by atoms with E-state index in [-0.39, 0.29) is 12.2 Å². The zero-order valence-electron chi connectivity index (χ0n) is 12.7. The van der Waals surface area contributed by atoms with Crippen LogP contribution in [0.2, 0.25) is 5.02 Å². The molecule has 1 fully saturated rings. The summed E-state index contributed by atoms with van der Waals surface area (Å²) in [6.07, 6.45) is 1.59. The molecule has 1 aliphatic heterocycles. The molecule has 0 radical (unpaired) electrons. The number of benzene rings is 1. The van der Waals surface area contributed by atoms with Crippen molar-refractivity contribution in [3.8, 4) is 6.07 Å². The van der Waals surface area contributed by atoms with Gasteiger partial charge in [0.25, 0.3) is 5.91 Å². The molecule has 0 bridgehead atoms. The number of hydrogen-bond donors (Lipinski definition) is 2. The number of rotatable bonds is 5. The third-order valence-electron chi connectivity index (χ3n) is 3.58. The van der Waals surface area contributed by atoms with Gasteiger partial charge < -0.3 is 15.3 Å². The van der Waals surface area contributed by atoms with E-state index >= 15 is 0 Å². The summed E-state index contributed by atoms with van der Waals surface area (Å²) in [4.78, 5) is 16.3. The monoisotopic (exact) mass is 334 g/mol. The van der Waals surface area contributed by atoms with Crippen molar-refractivity contribution in [2.24, 2.45) is 0 Å². The van der Waals surface area contributed by atoms with Crippen LogP contribution in [-0.4, -0.2) is 60.1 Å². The lowest BCUT2D eigenvalue weighted by atomic mass is 10.2. The number of nitrogens with zero attached hydrogens (tertiary/aromatic N) is 3. The minimum Gasteiger partial charge on any atom is -0.395 e. The summed E-state index contributed by atoms with van der Waals surface area (Å²) in [6.45, 7) is 3.82. The third kappa shape index (κ3) is 5.25. The van der Waals surface area contributed by atoms with E-state index < -0.39 is 5.91 Å². The van der Waals surface area contributed by atoms with Gasteiger partial charge in [0.05, 0.1) is 6.61 Å². The van der Waals surface area contributed by atoms with E-state index in [1.54, 1.807) is 30.5 Å². The summed E-state index contributed by atoms with van der Waals surface area (Å²) in [6, 6.07) is 8.73. The Morgan fingerprint density at radius 2 is 2.13 bits per heavy atom. The molecular formula is C16H19ClN4O2. The third-order valence-corrected chi connectivity index (χ3v) is 3.82. The number of nitriles is 1.